The van der Waals surface area contributed by atoms with Gasteiger partial charge in [-0.25, -0.2) is 0 Å². The summed E-state index contributed by atoms with van der Waals surface area (Å²) in [4.78, 5) is 0. The Labute approximate surface area is 122 Å². The van der Waals surface area contributed by atoms with Crippen LogP contribution in [0.25, 0.3) is 28.4 Å². The largest absolute Gasteiger partial charge is 0.403 e. The molecule has 0 amide bonds. The molecule has 0 radical (unpaired) electrons. The van der Waals surface area contributed by atoms with Crippen LogP contribution >= 0.6 is 11.3 Å². The highest BCUT2D eigenvalue weighted by Crippen LogP contribution is 2.12. The van der Waals surface area contributed by atoms with E-state index in [1.54, 1.807) is 17.5 Å². The van der Waals surface area contributed by atoms with Crippen molar-refractivity contribution in [1.82, 2.24) is 0 Å². The molecule has 0 aliphatic rings. The summed E-state index contributed by atoms with van der Waals surface area (Å²) in [5.74, 6) is 0. The summed E-state index contributed by atoms with van der Waals surface area (Å²) in [6.45, 7) is 0. The summed E-state index contributed by atoms with van der Waals surface area (Å²) in [7, 11) is 0. The van der Waals surface area contributed by atoms with E-state index in [2.05, 4.69) is 54.6 Å². The first-order chi connectivity index (χ1) is 9.88. The van der Waals surface area contributed by atoms with Crippen molar-refractivity contribution in [3.05, 3.63) is 76.0 Å². The third-order valence-electron chi connectivity index (χ3n) is 3.17. The van der Waals surface area contributed by atoms with Gasteiger partial charge in [-0.15, -0.1) is 11.3 Å². The summed E-state index contributed by atoms with van der Waals surface area (Å²) in [5.41, 5.74) is 6.93. The Hall–Kier alpha value is -2.32. The van der Waals surface area contributed by atoms with Gasteiger partial charge in [0.15, 0.2) is 0 Å². The van der Waals surface area contributed by atoms with Gasteiger partial charge < -0.3 is 5.73 Å². The minimum Gasteiger partial charge on any atom is -0.403 e. The maximum absolute atomic E-state index is 5.74. The van der Waals surface area contributed by atoms with Crippen molar-refractivity contribution in [2.45, 2.75) is 0 Å². The van der Waals surface area contributed by atoms with Crippen molar-refractivity contribution in [3.8, 4) is 0 Å². The van der Waals surface area contributed by atoms with Gasteiger partial charge in [-0.2, -0.15) is 0 Å². The first-order valence-corrected chi connectivity index (χ1v) is 7.33. The quantitative estimate of drug-likeness (QED) is 0.765. The number of hydrogen-bond donors (Lipinski definition) is 1. The molecule has 0 atom stereocenters. The number of fused-ring (bicyclic) bond motifs is 1. The Kier molecular flexibility index (Phi) is 3.66. The van der Waals surface area contributed by atoms with Crippen LogP contribution in [0, 0.1) is 0 Å². The molecule has 0 fully saturated rings. The molecule has 0 saturated carbocycles. The van der Waals surface area contributed by atoms with Crippen LogP contribution < -0.4 is 15.5 Å². The molecule has 98 valence electrons. The molecule has 0 aliphatic heterocycles. The molecule has 2 N–H and O–H groups in total. The van der Waals surface area contributed by atoms with Gasteiger partial charge in [-0.1, -0.05) is 66.8 Å². The van der Waals surface area contributed by atoms with Crippen LogP contribution in [-0.4, -0.2) is 0 Å². The fourth-order valence-electron chi connectivity index (χ4n) is 2.20. The fourth-order valence-corrected chi connectivity index (χ4v) is 3.23. The van der Waals surface area contributed by atoms with E-state index in [9.17, 15) is 0 Å². The van der Waals surface area contributed by atoms with Crippen LogP contribution in [0.5, 0.6) is 0 Å². The molecule has 0 saturated heterocycles. The Morgan fingerprint density at radius 1 is 0.900 bits per heavy atom. The molecule has 1 heterocycles. The normalized spacial score (nSPS) is 13.6. The van der Waals surface area contributed by atoms with Crippen molar-refractivity contribution in [2.24, 2.45) is 5.73 Å². The lowest BCUT2D eigenvalue weighted by atomic mass is 10.2. The lowest BCUT2D eigenvalue weighted by Crippen LogP contribution is -2.19. The standard InChI is InChI=1S/C18H15NS/c19-13-18-16(15-10-4-5-12-17(15)20-18)11-6-9-14-7-2-1-3-8-14/h1-13H,19H2/b9-6-,16-11-,18-13-. The van der Waals surface area contributed by atoms with Crippen molar-refractivity contribution in [1.29, 1.82) is 0 Å². The first-order valence-electron chi connectivity index (χ1n) is 6.51. The Bertz CT molecular complexity index is 857. The van der Waals surface area contributed by atoms with E-state index < -0.39 is 0 Å². The predicted molar refractivity (Wildman–Crippen MR) is 89.7 cm³/mol. The highest BCUT2D eigenvalue weighted by atomic mass is 32.1. The molecular weight excluding hydrogens is 262 g/mol. The Balaban J connectivity index is 2.10. The van der Waals surface area contributed by atoms with E-state index in [4.69, 9.17) is 5.73 Å². The maximum Gasteiger partial charge on any atom is 0.0509 e. The molecule has 1 aromatic heterocycles. The van der Waals surface area contributed by atoms with Crippen LogP contribution in [0.1, 0.15) is 5.56 Å². The minimum absolute atomic E-state index is 1.11. The molecule has 0 bridgehead atoms. The van der Waals surface area contributed by atoms with Gasteiger partial charge in [0.2, 0.25) is 0 Å². The molecule has 3 aromatic rings. The highest BCUT2D eigenvalue weighted by molar-refractivity contribution is 7.17. The summed E-state index contributed by atoms with van der Waals surface area (Å²) in [6.07, 6.45) is 8.00. The van der Waals surface area contributed by atoms with E-state index in [-0.39, 0.29) is 0 Å². The van der Waals surface area contributed by atoms with Crippen LogP contribution in [0.2, 0.25) is 0 Å². The molecule has 1 nitrogen and oxygen atoms in total. The van der Waals surface area contributed by atoms with Gasteiger partial charge in [0, 0.05) is 21.5 Å². The SMILES string of the molecule is N\C=c1/sc2ccccc2/c1=C/C=C\c1ccccc1. The molecule has 0 aliphatic carbocycles. The molecule has 3 rings (SSSR count). The molecule has 0 unspecified atom stereocenters. The monoisotopic (exact) mass is 277 g/mol. The highest BCUT2D eigenvalue weighted by Gasteiger charge is 1.98. The second-order valence-electron chi connectivity index (χ2n) is 4.48. The number of rotatable bonds is 2. The third kappa shape index (κ3) is 2.51. The van der Waals surface area contributed by atoms with Crippen molar-refractivity contribution >= 4 is 39.8 Å². The predicted octanol–water partition coefficient (Wildman–Crippen LogP) is 3.09. The smallest absolute Gasteiger partial charge is 0.0509 e. The minimum atomic E-state index is 1.11. The summed E-state index contributed by atoms with van der Waals surface area (Å²) < 4.78 is 2.38. The zero-order valence-corrected chi connectivity index (χ0v) is 11.8. The van der Waals surface area contributed by atoms with E-state index in [0.717, 1.165) is 4.53 Å². The zero-order valence-electron chi connectivity index (χ0n) is 11.0. The second kappa shape index (κ2) is 5.76. The number of allylic oxidation sites excluding steroid dienone is 1. The van der Waals surface area contributed by atoms with Gasteiger partial charge in [0.05, 0.1) is 4.53 Å². The fraction of sp³-hybridized carbons (Fsp3) is 0. The van der Waals surface area contributed by atoms with Crippen LogP contribution in [-0.2, 0) is 0 Å². The number of hydrogen-bond acceptors (Lipinski definition) is 2. The number of nitrogens with two attached hydrogens (primary N) is 1. The van der Waals surface area contributed by atoms with Gasteiger partial charge in [0.25, 0.3) is 0 Å². The van der Waals surface area contributed by atoms with Crippen LogP contribution in [0.4, 0.5) is 0 Å². The van der Waals surface area contributed by atoms with Gasteiger partial charge in [-0.3, -0.25) is 0 Å². The van der Waals surface area contributed by atoms with E-state index in [0.29, 0.717) is 0 Å². The van der Waals surface area contributed by atoms with E-state index in [1.165, 1.54) is 20.9 Å². The van der Waals surface area contributed by atoms with Crippen molar-refractivity contribution in [2.75, 3.05) is 0 Å². The van der Waals surface area contributed by atoms with Gasteiger partial charge in [-0.05, 0) is 11.6 Å². The molecular formula is C18H15NS. The topological polar surface area (TPSA) is 26.0 Å². The molecule has 2 aromatic carbocycles. The second-order valence-corrected chi connectivity index (χ2v) is 5.56. The number of benzene rings is 2. The third-order valence-corrected chi connectivity index (χ3v) is 4.32. The van der Waals surface area contributed by atoms with Crippen LogP contribution in [0.3, 0.4) is 0 Å². The summed E-state index contributed by atoms with van der Waals surface area (Å²) in [5, 5.41) is 2.45. The average Bonchev–Trinajstić information content (AvgIpc) is 2.87. The maximum atomic E-state index is 5.74. The summed E-state index contributed by atoms with van der Waals surface area (Å²) in [6, 6.07) is 18.7. The lowest BCUT2D eigenvalue weighted by molar-refractivity contribution is 1.66. The molecule has 2 heteroatoms. The zero-order chi connectivity index (χ0) is 13.8. The van der Waals surface area contributed by atoms with Crippen LogP contribution in [0.15, 0.2) is 60.7 Å². The van der Waals surface area contributed by atoms with E-state index >= 15 is 0 Å². The molecule has 20 heavy (non-hydrogen) atoms. The Morgan fingerprint density at radius 3 is 2.45 bits per heavy atom. The number of thiophene rings is 1. The van der Waals surface area contributed by atoms with Crippen molar-refractivity contribution < 1.29 is 0 Å². The summed E-state index contributed by atoms with van der Waals surface area (Å²) >= 11 is 1.72. The van der Waals surface area contributed by atoms with Crippen molar-refractivity contribution in [3.63, 3.8) is 0 Å². The van der Waals surface area contributed by atoms with Gasteiger partial charge in [0.1, 0.15) is 0 Å². The average molecular weight is 277 g/mol. The van der Waals surface area contributed by atoms with E-state index in [1.807, 2.05) is 18.2 Å². The van der Waals surface area contributed by atoms with Gasteiger partial charge >= 0.3 is 0 Å². The molecule has 0 spiro atoms. The first kappa shape index (κ1) is 12.7. The Morgan fingerprint density at radius 2 is 1.65 bits per heavy atom. The lowest BCUT2D eigenvalue weighted by Gasteiger charge is -1.89.